The molecular formula is C21H21F3N8O2. The number of hydrogen-bond donors (Lipinski definition) is 1. The maximum Gasteiger partial charge on any atom is 0.491 e. The molecule has 0 saturated carbocycles. The van der Waals surface area contributed by atoms with Crippen LogP contribution in [-0.4, -0.2) is 80.9 Å². The van der Waals surface area contributed by atoms with Gasteiger partial charge in [-0.25, -0.2) is 9.78 Å². The highest BCUT2D eigenvalue weighted by molar-refractivity contribution is 5.82. The average Bonchev–Trinajstić information content (AvgIpc) is 3.33. The van der Waals surface area contributed by atoms with Crippen molar-refractivity contribution in [2.75, 3.05) is 38.1 Å². The molecule has 0 unspecified atom stereocenters. The summed E-state index contributed by atoms with van der Waals surface area (Å²) in [6, 6.07) is 4.35. The van der Waals surface area contributed by atoms with Crippen LogP contribution in [0.15, 0.2) is 30.6 Å². The van der Waals surface area contributed by atoms with Crippen molar-refractivity contribution in [3.05, 3.63) is 30.6 Å². The molecule has 4 heterocycles. The summed E-state index contributed by atoms with van der Waals surface area (Å²) in [5.41, 5.74) is 1.38. The number of ether oxygens (including phenoxy) is 1. The van der Waals surface area contributed by atoms with Crippen LogP contribution < -0.4 is 9.64 Å². The zero-order valence-electron chi connectivity index (χ0n) is 18.2. The maximum absolute atomic E-state index is 12.9. The number of aromatic nitrogens is 6. The normalized spacial score (nSPS) is 18.1. The lowest BCUT2D eigenvalue weighted by atomic mass is 9.72. The van der Waals surface area contributed by atoms with Gasteiger partial charge in [-0.2, -0.15) is 28.6 Å². The van der Waals surface area contributed by atoms with E-state index in [1.165, 1.54) is 24.5 Å². The summed E-state index contributed by atoms with van der Waals surface area (Å²) < 4.78 is 43.2. The van der Waals surface area contributed by atoms with Crippen LogP contribution in [0.5, 0.6) is 5.75 Å². The van der Waals surface area contributed by atoms with Crippen molar-refractivity contribution in [1.29, 1.82) is 0 Å². The number of nitrogens with one attached hydrogen (secondary N) is 1. The van der Waals surface area contributed by atoms with Crippen LogP contribution in [0, 0.1) is 5.41 Å². The maximum atomic E-state index is 12.9. The number of alkyl halides is 3. The highest BCUT2D eigenvalue weighted by Gasteiger charge is 2.45. The number of rotatable bonds is 4. The van der Waals surface area contributed by atoms with E-state index in [0.29, 0.717) is 17.2 Å². The van der Waals surface area contributed by atoms with Gasteiger partial charge in [0.05, 0.1) is 12.4 Å². The van der Waals surface area contributed by atoms with Gasteiger partial charge in [0.25, 0.3) is 0 Å². The number of nitrogens with zero attached hydrogens (tertiary/aromatic N) is 7. The molecule has 0 atom stereocenters. The Kier molecular flexibility index (Phi) is 5.42. The number of esters is 1. The molecule has 1 N–H and O–H groups in total. The largest absolute Gasteiger partial charge is 0.491 e. The van der Waals surface area contributed by atoms with Crippen molar-refractivity contribution in [2.45, 2.75) is 19.0 Å². The van der Waals surface area contributed by atoms with Gasteiger partial charge in [0.1, 0.15) is 17.1 Å². The molecule has 178 valence electrons. The molecule has 0 bridgehead atoms. The molecule has 1 spiro atoms. The first kappa shape index (κ1) is 22.2. The van der Waals surface area contributed by atoms with Crippen molar-refractivity contribution >= 4 is 11.9 Å². The number of aromatic amines is 1. The molecule has 2 aromatic heterocycles. The first-order valence-electron chi connectivity index (χ1n) is 10.7. The van der Waals surface area contributed by atoms with Crippen molar-refractivity contribution in [3.63, 3.8) is 0 Å². The van der Waals surface area contributed by atoms with Gasteiger partial charge in [-0.05, 0) is 45.1 Å². The van der Waals surface area contributed by atoms with Gasteiger partial charge < -0.3 is 14.5 Å². The van der Waals surface area contributed by atoms with Crippen LogP contribution in [0.25, 0.3) is 22.5 Å². The summed E-state index contributed by atoms with van der Waals surface area (Å²) >= 11 is 0. The Hall–Kier alpha value is -3.61. The molecule has 2 fully saturated rings. The minimum Gasteiger partial charge on any atom is -0.419 e. The van der Waals surface area contributed by atoms with Gasteiger partial charge in [-0.15, -0.1) is 10.2 Å². The third-order valence-corrected chi connectivity index (χ3v) is 6.34. The number of piperidine rings is 1. The fourth-order valence-electron chi connectivity index (χ4n) is 4.33. The summed E-state index contributed by atoms with van der Waals surface area (Å²) in [4.78, 5) is 20.3. The SMILES string of the molecule is CN1CCC2(CC1)CN(c1ncc(-c3ccc(-c4cn[nH]n4)cc3OC(=O)C(F)(F)F)nn1)C2. The molecular weight excluding hydrogens is 453 g/mol. The van der Waals surface area contributed by atoms with Gasteiger partial charge in [0.2, 0.25) is 5.95 Å². The molecule has 0 aliphatic carbocycles. The Morgan fingerprint density at radius 1 is 1.12 bits per heavy atom. The lowest BCUT2D eigenvalue weighted by molar-refractivity contribution is -0.189. The van der Waals surface area contributed by atoms with Gasteiger partial charge in [-0.1, -0.05) is 6.07 Å². The van der Waals surface area contributed by atoms with Crippen molar-refractivity contribution in [1.82, 2.24) is 35.5 Å². The Balaban J connectivity index is 1.38. The fraction of sp³-hybridized carbons (Fsp3) is 0.429. The molecule has 1 aromatic carbocycles. The zero-order valence-corrected chi connectivity index (χ0v) is 18.2. The Bertz CT molecular complexity index is 1170. The summed E-state index contributed by atoms with van der Waals surface area (Å²) in [7, 11) is 2.12. The van der Waals surface area contributed by atoms with Crippen molar-refractivity contribution in [2.24, 2.45) is 5.41 Å². The Labute approximate surface area is 192 Å². The molecule has 34 heavy (non-hydrogen) atoms. The van der Waals surface area contributed by atoms with E-state index >= 15 is 0 Å². The van der Waals surface area contributed by atoms with E-state index in [4.69, 9.17) is 0 Å². The first-order chi connectivity index (χ1) is 16.2. The van der Waals surface area contributed by atoms with Crippen LogP contribution in [0.1, 0.15) is 12.8 Å². The fourth-order valence-corrected chi connectivity index (χ4v) is 4.33. The van der Waals surface area contributed by atoms with Crippen molar-refractivity contribution in [3.8, 4) is 28.3 Å². The van der Waals surface area contributed by atoms with Crippen LogP contribution >= 0.6 is 0 Å². The quantitative estimate of drug-likeness (QED) is 0.450. The highest BCUT2D eigenvalue weighted by Crippen LogP contribution is 2.41. The zero-order chi connectivity index (χ0) is 23.9. The Morgan fingerprint density at radius 3 is 2.50 bits per heavy atom. The Morgan fingerprint density at radius 2 is 1.88 bits per heavy atom. The van der Waals surface area contributed by atoms with Gasteiger partial charge in [0.15, 0.2) is 0 Å². The second-order valence-corrected chi connectivity index (χ2v) is 8.76. The number of carbonyl (C=O) groups excluding carboxylic acids is 1. The summed E-state index contributed by atoms with van der Waals surface area (Å²) in [6.45, 7) is 3.83. The molecule has 10 nitrogen and oxygen atoms in total. The summed E-state index contributed by atoms with van der Waals surface area (Å²) in [5, 5.41) is 18.3. The number of H-pyrrole nitrogens is 1. The lowest BCUT2D eigenvalue weighted by Gasteiger charge is -2.53. The standard InChI is InChI=1S/C21H21F3N8O2/c1-31-6-4-20(5-7-31)11-32(12-20)19-25-9-16(27-29-19)14-3-2-13(15-10-26-30-28-15)8-17(14)34-18(33)21(22,23)24/h2-3,8-10H,4-7,11-12H2,1H3,(H,26,28,30). The molecule has 13 heteroatoms. The highest BCUT2D eigenvalue weighted by atomic mass is 19.4. The van der Waals surface area contributed by atoms with E-state index in [-0.39, 0.29) is 22.4 Å². The van der Waals surface area contributed by atoms with Gasteiger partial charge >= 0.3 is 12.1 Å². The van der Waals surface area contributed by atoms with Crippen molar-refractivity contribution < 1.29 is 22.7 Å². The topological polar surface area (TPSA) is 113 Å². The van der Waals surface area contributed by atoms with E-state index in [9.17, 15) is 18.0 Å². The smallest absolute Gasteiger partial charge is 0.419 e. The number of anilines is 1. The van der Waals surface area contributed by atoms with E-state index in [2.05, 4.69) is 47.3 Å². The predicted octanol–water partition coefficient (Wildman–Crippen LogP) is 2.32. The van der Waals surface area contributed by atoms with Gasteiger partial charge in [-0.3, -0.25) is 0 Å². The van der Waals surface area contributed by atoms with E-state index in [1.807, 2.05) is 4.90 Å². The molecule has 0 amide bonds. The number of benzene rings is 1. The second kappa shape index (κ2) is 8.31. The van der Waals surface area contributed by atoms with Crippen LogP contribution in [0.3, 0.4) is 0 Å². The summed E-state index contributed by atoms with van der Waals surface area (Å²) in [5.74, 6) is -2.21. The molecule has 0 radical (unpaired) electrons. The monoisotopic (exact) mass is 474 g/mol. The molecule has 3 aromatic rings. The minimum absolute atomic E-state index is 0.145. The third-order valence-electron chi connectivity index (χ3n) is 6.34. The van der Waals surface area contributed by atoms with E-state index < -0.39 is 12.1 Å². The minimum atomic E-state index is -5.16. The third kappa shape index (κ3) is 4.30. The number of hydrogen-bond acceptors (Lipinski definition) is 9. The first-order valence-corrected chi connectivity index (χ1v) is 10.7. The van der Waals surface area contributed by atoms with E-state index in [1.54, 1.807) is 6.07 Å². The number of halogens is 3. The second-order valence-electron chi connectivity index (χ2n) is 8.76. The van der Waals surface area contributed by atoms with Crippen LogP contribution in [-0.2, 0) is 4.79 Å². The molecule has 2 aliphatic rings. The number of carbonyl (C=O) groups is 1. The van der Waals surface area contributed by atoms with Gasteiger partial charge in [0, 0.05) is 29.6 Å². The molecule has 2 saturated heterocycles. The molecule has 2 aliphatic heterocycles. The van der Waals surface area contributed by atoms with Crippen LogP contribution in [0.2, 0.25) is 0 Å². The summed E-state index contributed by atoms with van der Waals surface area (Å²) in [6.07, 6.45) is -0.103. The molecule has 5 rings (SSSR count). The number of likely N-dealkylation sites (tertiary alicyclic amines) is 1. The average molecular weight is 474 g/mol. The lowest BCUT2D eigenvalue weighted by Crippen LogP contribution is -2.60. The van der Waals surface area contributed by atoms with E-state index in [0.717, 1.165) is 39.0 Å². The predicted molar refractivity (Wildman–Crippen MR) is 114 cm³/mol. The van der Waals surface area contributed by atoms with Crippen LogP contribution in [0.4, 0.5) is 19.1 Å².